The van der Waals surface area contributed by atoms with Crippen LogP contribution in [0.3, 0.4) is 0 Å². The zero-order valence-corrected chi connectivity index (χ0v) is 11.1. The van der Waals surface area contributed by atoms with Gasteiger partial charge in [0, 0.05) is 6.32 Å². The number of benzene rings is 1. The Morgan fingerprint density at radius 3 is 3.11 bits per heavy atom. The molecule has 0 unspecified atom stereocenters. The molecule has 4 heteroatoms. The fourth-order valence-electron chi connectivity index (χ4n) is 2.15. The number of hydrogen-bond acceptors (Lipinski definition) is 3. The lowest BCUT2D eigenvalue weighted by atomic mass is 9.82. The van der Waals surface area contributed by atoms with Gasteiger partial charge in [-0.15, -0.1) is 0 Å². The van der Waals surface area contributed by atoms with Gasteiger partial charge in [-0.3, -0.25) is 0 Å². The summed E-state index contributed by atoms with van der Waals surface area (Å²) in [4.78, 5) is 0. The molecule has 0 spiro atoms. The van der Waals surface area contributed by atoms with Crippen LogP contribution in [0.2, 0.25) is 6.32 Å². The maximum atomic E-state index is 9.40. The van der Waals surface area contributed by atoms with Crippen molar-refractivity contribution in [1.82, 2.24) is 0 Å². The first-order valence-corrected chi connectivity index (χ1v) is 6.60. The van der Waals surface area contributed by atoms with E-state index < -0.39 is 7.12 Å². The minimum Gasteiger partial charge on any atom is -0.508 e. The van der Waals surface area contributed by atoms with Crippen LogP contribution < -0.4 is 0 Å². The average molecular weight is 258 g/mol. The molecule has 0 aromatic heterocycles. The molecule has 0 radical (unpaired) electrons. The van der Waals surface area contributed by atoms with E-state index in [0.29, 0.717) is 6.32 Å². The highest BCUT2D eigenvalue weighted by atomic mass is 16.5. The molecule has 1 aliphatic rings. The van der Waals surface area contributed by atoms with Crippen molar-refractivity contribution in [3.63, 3.8) is 0 Å². The predicted molar refractivity (Wildman–Crippen MR) is 77.8 cm³/mol. The summed E-state index contributed by atoms with van der Waals surface area (Å²) in [5.74, 6) is 0.281. The lowest BCUT2D eigenvalue weighted by Gasteiger charge is -2.20. The first kappa shape index (κ1) is 13.9. The van der Waals surface area contributed by atoms with Gasteiger partial charge in [0.05, 0.1) is 6.10 Å². The predicted octanol–water partition coefficient (Wildman–Crippen LogP) is 3.01. The number of aromatic hydroxyl groups is 1. The zero-order chi connectivity index (χ0) is 13.7. The van der Waals surface area contributed by atoms with Gasteiger partial charge in [0.2, 0.25) is 0 Å². The van der Waals surface area contributed by atoms with E-state index in [2.05, 4.69) is 13.0 Å². The van der Waals surface area contributed by atoms with Crippen LogP contribution in [0.4, 0.5) is 0 Å². The lowest BCUT2D eigenvalue weighted by molar-refractivity contribution is 0.192. The minimum absolute atomic E-state index is 0.00345. The summed E-state index contributed by atoms with van der Waals surface area (Å²) >= 11 is 0. The number of phenolic OH excluding ortho intramolecular Hbond substituents is 1. The first-order chi connectivity index (χ1) is 9.13. The molecule has 0 amide bonds. The van der Waals surface area contributed by atoms with Crippen LogP contribution in [-0.4, -0.2) is 23.4 Å². The highest BCUT2D eigenvalue weighted by Gasteiger charge is 2.20. The van der Waals surface area contributed by atoms with Crippen LogP contribution in [0, 0.1) is 0 Å². The molecule has 0 fully saturated rings. The molecule has 1 atom stereocenters. The van der Waals surface area contributed by atoms with Crippen molar-refractivity contribution in [2.24, 2.45) is 0 Å². The third-order valence-corrected chi connectivity index (χ3v) is 3.13. The summed E-state index contributed by atoms with van der Waals surface area (Å²) in [5.41, 5.74) is 2.22. The molecule has 3 nitrogen and oxygen atoms in total. The number of phenols is 1. The molecule has 2 rings (SSSR count). The topological polar surface area (TPSA) is 49.7 Å². The zero-order valence-electron chi connectivity index (χ0n) is 11.1. The van der Waals surface area contributed by atoms with E-state index in [-0.39, 0.29) is 11.9 Å². The number of hydrogen-bond donors (Lipinski definition) is 2. The van der Waals surface area contributed by atoms with E-state index in [0.717, 1.165) is 18.4 Å². The van der Waals surface area contributed by atoms with Crippen molar-refractivity contribution < 1.29 is 14.8 Å². The number of rotatable bonds is 4. The van der Waals surface area contributed by atoms with Crippen molar-refractivity contribution in [2.75, 3.05) is 0 Å². The molecule has 1 aromatic carbocycles. The summed E-state index contributed by atoms with van der Waals surface area (Å²) in [5, 5.41) is 18.8. The van der Waals surface area contributed by atoms with Crippen LogP contribution >= 0.6 is 0 Å². The van der Waals surface area contributed by atoms with Crippen molar-refractivity contribution in [3.8, 4) is 5.75 Å². The van der Waals surface area contributed by atoms with Gasteiger partial charge >= 0.3 is 7.12 Å². The van der Waals surface area contributed by atoms with Gasteiger partial charge in [0.25, 0.3) is 0 Å². The summed E-state index contributed by atoms with van der Waals surface area (Å²) in [6.45, 7) is 2.06. The van der Waals surface area contributed by atoms with Gasteiger partial charge in [0.1, 0.15) is 5.75 Å². The molecule has 1 aliphatic heterocycles. The standard InChI is InChI=1S/C15H19BO3/c1-12(10-13-4-2-5-14(17)11-13)7-8-15-6-3-9-16(18)19-15/h2-6,10-11,15,17-18H,7-9H2,1H3/b12-10+/t15-/m0/s1. The Balaban J connectivity index is 1.88. The molecule has 1 heterocycles. The molecule has 0 bridgehead atoms. The van der Waals surface area contributed by atoms with Crippen molar-refractivity contribution in [1.29, 1.82) is 0 Å². The Hall–Kier alpha value is -1.52. The van der Waals surface area contributed by atoms with Gasteiger partial charge in [0.15, 0.2) is 0 Å². The highest BCUT2D eigenvalue weighted by molar-refractivity contribution is 6.43. The second-order valence-electron chi connectivity index (χ2n) is 4.92. The van der Waals surface area contributed by atoms with E-state index in [4.69, 9.17) is 4.65 Å². The number of allylic oxidation sites excluding steroid dienone is 2. The van der Waals surface area contributed by atoms with Crippen LogP contribution in [0.25, 0.3) is 6.08 Å². The minimum atomic E-state index is -0.662. The Kier molecular flexibility index (Phi) is 4.83. The van der Waals surface area contributed by atoms with Gasteiger partial charge in [-0.05, 0) is 37.5 Å². The van der Waals surface area contributed by atoms with E-state index in [1.54, 1.807) is 12.1 Å². The van der Waals surface area contributed by atoms with Crippen LogP contribution in [0.1, 0.15) is 25.3 Å². The molecular formula is C15H19BO3. The highest BCUT2D eigenvalue weighted by Crippen LogP contribution is 2.19. The van der Waals surface area contributed by atoms with Gasteiger partial charge in [-0.1, -0.05) is 35.9 Å². The largest absolute Gasteiger partial charge is 0.508 e. The second-order valence-corrected chi connectivity index (χ2v) is 4.92. The summed E-state index contributed by atoms with van der Waals surface area (Å²) < 4.78 is 5.41. The molecule has 19 heavy (non-hydrogen) atoms. The van der Waals surface area contributed by atoms with Gasteiger partial charge in [-0.25, -0.2) is 0 Å². The van der Waals surface area contributed by atoms with Crippen molar-refractivity contribution in [2.45, 2.75) is 32.2 Å². The average Bonchev–Trinajstić information content (AvgIpc) is 2.36. The summed E-state index contributed by atoms with van der Waals surface area (Å²) in [6.07, 6.45) is 8.36. The quantitative estimate of drug-likeness (QED) is 0.644. The molecule has 2 N–H and O–H groups in total. The molecular weight excluding hydrogens is 239 g/mol. The monoisotopic (exact) mass is 258 g/mol. The normalized spacial score (nSPS) is 19.8. The maximum Gasteiger partial charge on any atom is 0.458 e. The van der Waals surface area contributed by atoms with Gasteiger partial charge in [-0.2, -0.15) is 0 Å². The third-order valence-electron chi connectivity index (χ3n) is 3.13. The van der Waals surface area contributed by atoms with E-state index >= 15 is 0 Å². The molecule has 1 aromatic rings. The van der Waals surface area contributed by atoms with Crippen LogP contribution in [0.15, 0.2) is 42.0 Å². The fourth-order valence-corrected chi connectivity index (χ4v) is 2.15. The van der Waals surface area contributed by atoms with Crippen molar-refractivity contribution in [3.05, 3.63) is 47.6 Å². The maximum absolute atomic E-state index is 9.40. The molecule has 100 valence electrons. The lowest BCUT2D eigenvalue weighted by Crippen LogP contribution is -2.27. The Morgan fingerprint density at radius 1 is 1.53 bits per heavy atom. The summed E-state index contributed by atoms with van der Waals surface area (Å²) in [6, 6.07) is 7.20. The molecule has 0 saturated carbocycles. The van der Waals surface area contributed by atoms with E-state index in [1.165, 1.54) is 5.57 Å². The SMILES string of the molecule is C/C(=C\c1cccc(O)c1)CC[C@@H]1C=CCB(O)O1. The Bertz CT molecular complexity index is 482. The summed E-state index contributed by atoms with van der Waals surface area (Å²) in [7, 11) is -0.662. The molecule has 0 aliphatic carbocycles. The van der Waals surface area contributed by atoms with E-state index in [1.807, 2.05) is 24.3 Å². The Morgan fingerprint density at radius 2 is 2.37 bits per heavy atom. The second kappa shape index (κ2) is 6.59. The van der Waals surface area contributed by atoms with Gasteiger partial charge < -0.3 is 14.8 Å². The van der Waals surface area contributed by atoms with E-state index in [9.17, 15) is 10.1 Å². The molecule has 0 saturated heterocycles. The smallest absolute Gasteiger partial charge is 0.458 e. The fraction of sp³-hybridized carbons (Fsp3) is 0.333. The van der Waals surface area contributed by atoms with Crippen molar-refractivity contribution >= 4 is 13.2 Å². The van der Waals surface area contributed by atoms with Crippen LogP contribution in [0.5, 0.6) is 5.75 Å². The van der Waals surface area contributed by atoms with Crippen LogP contribution in [-0.2, 0) is 4.65 Å². The Labute approximate surface area is 114 Å². The first-order valence-electron chi connectivity index (χ1n) is 6.60. The third kappa shape index (κ3) is 4.58.